The van der Waals surface area contributed by atoms with E-state index < -0.39 is 11.6 Å². The number of piperazine rings is 1. The first-order valence-electron chi connectivity index (χ1n) is 9.29. The zero-order valence-corrected chi connectivity index (χ0v) is 16.7. The summed E-state index contributed by atoms with van der Waals surface area (Å²) in [6.45, 7) is 5.49. The fourth-order valence-corrected chi connectivity index (χ4v) is 3.60. The molecular weight excluding hydrogens is 412 g/mol. The van der Waals surface area contributed by atoms with Crippen molar-refractivity contribution in [2.75, 3.05) is 36.4 Å². The highest BCUT2D eigenvalue weighted by Gasteiger charge is 2.22. The lowest BCUT2D eigenvalue weighted by Gasteiger charge is -2.35. The number of nitrogens with zero attached hydrogens (tertiary/aromatic N) is 4. The lowest BCUT2D eigenvalue weighted by molar-refractivity contribution is -0.126. The van der Waals surface area contributed by atoms with Gasteiger partial charge >= 0.3 is 0 Å². The number of carbonyl (C=O) groups is 1. The molecule has 1 aliphatic rings. The molecule has 1 saturated heterocycles. The molecule has 154 valence electrons. The van der Waals surface area contributed by atoms with Crippen LogP contribution in [0.25, 0.3) is 10.9 Å². The molecule has 0 spiro atoms. The van der Waals surface area contributed by atoms with Crippen LogP contribution in [0, 0.1) is 11.6 Å². The van der Waals surface area contributed by atoms with Gasteiger partial charge in [-0.15, -0.1) is 0 Å². The molecule has 2 aromatic carbocycles. The summed E-state index contributed by atoms with van der Waals surface area (Å²) in [4.78, 5) is 23.8. The van der Waals surface area contributed by atoms with Crippen LogP contribution in [-0.4, -0.2) is 47.0 Å². The van der Waals surface area contributed by atoms with E-state index in [0.717, 1.165) is 0 Å². The summed E-state index contributed by atoms with van der Waals surface area (Å²) in [5.41, 5.74) is 1.50. The van der Waals surface area contributed by atoms with Gasteiger partial charge in [0.05, 0.1) is 16.2 Å². The molecule has 0 unspecified atom stereocenters. The molecule has 0 atom stereocenters. The number of benzene rings is 2. The summed E-state index contributed by atoms with van der Waals surface area (Å²) in [6.07, 6.45) is 2.66. The SMILES string of the molecule is C=CC(=O)N1CCN(c2cc3ncnc(Nc4ccc(F)c(Cl)c4)c3cc2F)CC1. The first-order valence-corrected chi connectivity index (χ1v) is 9.66. The molecule has 1 N–H and O–H groups in total. The number of aromatic nitrogens is 2. The second kappa shape index (κ2) is 8.23. The number of amides is 1. The van der Waals surface area contributed by atoms with Gasteiger partial charge in [-0.25, -0.2) is 18.7 Å². The van der Waals surface area contributed by atoms with Crippen LogP contribution >= 0.6 is 11.6 Å². The van der Waals surface area contributed by atoms with Crippen molar-refractivity contribution in [3.8, 4) is 0 Å². The summed E-state index contributed by atoms with van der Waals surface area (Å²) in [6, 6.07) is 7.23. The van der Waals surface area contributed by atoms with E-state index in [0.29, 0.717) is 54.3 Å². The summed E-state index contributed by atoms with van der Waals surface area (Å²) < 4.78 is 28.4. The van der Waals surface area contributed by atoms with E-state index >= 15 is 0 Å². The maximum absolute atomic E-state index is 15.0. The van der Waals surface area contributed by atoms with Gasteiger partial charge in [-0.3, -0.25) is 4.79 Å². The molecule has 6 nitrogen and oxygen atoms in total. The summed E-state index contributed by atoms with van der Waals surface area (Å²) >= 11 is 5.83. The van der Waals surface area contributed by atoms with Gasteiger partial charge in [0, 0.05) is 37.3 Å². The Balaban J connectivity index is 1.61. The van der Waals surface area contributed by atoms with E-state index in [1.165, 1.54) is 36.7 Å². The normalized spacial score (nSPS) is 14.1. The van der Waals surface area contributed by atoms with Crippen LogP contribution < -0.4 is 10.2 Å². The Labute approximate surface area is 176 Å². The maximum atomic E-state index is 15.0. The Bertz CT molecular complexity index is 1130. The Morgan fingerprint density at radius 2 is 1.87 bits per heavy atom. The minimum atomic E-state index is -0.527. The molecule has 1 amide bonds. The highest BCUT2D eigenvalue weighted by atomic mass is 35.5. The third-order valence-corrected chi connectivity index (χ3v) is 5.28. The van der Waals surface area contributed by atoms with Crippen LogP contribution in [0.1, 0.15) is 0 Å². The van der Waals surface area contributed by atoms with Crippen molar-refractivity contribution in [2.24, 2.45) is 0 Å². The van der Waals surface area contributed by atoms with E-state index in [9.17, 15) is 13.6 Å². The van der Waals surface area contributed by atoms with Crippen LogP contribution in [0.3, 0.4) is 0 Å². The molecule has 30 heavy (non-hydrogen) atoms. The molecule has 0 bridgehead atoms. The van der Waals surface area contributed by atoms with E-state index in [2.05, 4.69) is 21.9 Å². The van der Waals surface area contributed by atoms with Crippen molar-refractivity contribution in [2.45, 2.75) is 0 Å². The van der Waals surface area contributed by atoms with Crippen LogP contribution in [0.4, 0.5) is 26.0 Å². The Kier molecular flexibility index (Phi) is 5.50. The standard InChI is InChI=1S/C21H18ClF2N5O/c1-2-20(30)29-7-5-28(6-8-29)19-11-18-14(10-17(19)24)21(26-12-25-18)27-13-3-4-16(23)15(22)9-13/h2-4,9-12H,1,5-8H2,(H,25,26,27). The summed E-state index contributed by atoms with van der Waals surface area (Å²) in [7, 11) is 0. The smallest absolute Gasteiger partial charge is 0.246 e. The fraction of sp³-hybridized carbons (Fsp3) is 0.190. The molecule has 1 aromatic heterocycles. The molecule has 1 aliphatic heterocycles. The predicted molar refractivity (Wildman–Crippen MR) is 113 cm³/mol. The lowest BCUT2D eigenvalue weighted by atomic mass is 10.1. The number of carbonyl (C=O) groups excluding carboxylic acids is 1. The summed E-state index contributed by atoms with van der Waals surface area (Å²) in [5.74, 6) is -0.686. The molecule has 2 heterocycles. The van der Waals surface area contributed by atoms with Gasteiger partial charge in [0.2, 0.25) is 5.91 Å². The largest absolute Gasteiger partial charge is 0.366 e. The van der Waals surface area contributed by atoms with E-state index in [1.807, 2.05) is 4.90 Å². The molecule has 9 heteroatoms. The van der Waals surface area contributed by atoms with Gasteiger partial charge in [0.1, 0.15) is 23.8 Å². The molecule has 1 fully saturated rings. The molecule has 0 radical (unpaired) electrons. The zero-order chi connectivity index (χ0) is 21.3. The van der Waals surface area contributed by atoms with Gasteiger partial charge in [-0.2, -0.15) is 0 Å². The van der Waals surface area contributed by atoms with Crippen LogP contribution in [0.5, 0.6) is 0 Å². The van der Waals surface area contributed by atoms with Gasteiger partial charge < -0.3 is 15.1 Å². The number of fused-ring (bicyclic) bond motifs is 1. The predicted octanol–water partition coefficient (Wildman–Crippen LogP) is 4.14. The first kappa shape index (κ1) is 20.0. The number of rotatable bonds is 4. The number of hydrogen-bond donors (Lipinski definition) is 1. The second-order valence-electron chi connectivity index (χ2n) is 6.81. The molecule has 0 aliphatic carbocycles. The van der Waals surface area contributed by atoms with Crippen molar-refractivity contribution in [3.05, 3.63) is 66.0 Å². The number of nitrogens with one attached hydrogen (secondary N) is 1. The average Bonchev–Trinajstić information content (AvgIpc) is 2.76. The zero-order valence-electron chi connectivity index (χ0n) is 15.9. The number of halogens is 3. The fourth-order valence-electron chi connectivity index (χ4n) is 3.42. The van der Waals surface area contributed by atoms with Gasteiger partial charge in [0.25, 0.3) is 0 Å². The number of anilines is 3. The van der Waals surface area contributed by atoms with Crippen LogP contribution in [0.2, 0.25) is 5.02 Å². The van der Waals surface area contributed by atoms with Gasteiger partial charge in [-0.05, 0) is 36.4 Å². The molecule has 3 aromatic rings. The van der Waals surface area contributed by atoms with Gasteiger partial charge in [0.15, 0.2) is 0 Å². The lowest BCUT2D eigenvalue weighted by Crippen LogP contribution is -2.48. The minimum Gasteiger partial charge on any atom is -0.366 e. The highest BCUT2D eigenvalue weighted by molar-refractivity contribution is 6.31. The van der Waals surface area contributed by atoms with E-state index in [-0.39, 0.29) is 10.9 Å². The second-order valence-corrected chi connectivity index (χ2v) is 7.22. The summed E-state index contributed by atoms with van der Waals surface area (Å²) in [5, 5.41) is 3.49. The van der Waals surface area contributed by atoms with E-state index in [1.54, 1.807) is 11.0 Å². The third kappa shape index (κ3) is 3.91. The molecule has 0 saturated carbocycles. The minimum absolute atomic E-state index is 0.0269. The van der Waals surface area contributed by atoms with Crippen molar-refractivity contribution in [1.29, 1.82) is 0 Å². The van der Waals surface area contributed by atoms with Crippen molar-refractivity contribution < 1.29 is 13.6 Å². The maximum Gasteiger partial charge on any atom is 0.246 e. The van der Waals surface area contributed by atoms with Crippen molar-refractivity contribution in [1.82, 2.24) is 14.9 Å². The average molecular weight is 430 g/mol. The topological polar surface area (TPSA) is 61.4 Å². The Hall–Kier alpha value is -3.26. The highest BCUT2D eigenvalue weighted by Crippen LogP contribution is 2.31. The van der Waals surface area contributed by atoms with Crippen molar-refractivity contribution >= 4 is 45.6 Å². The Morgan fingerprint density at radius 3 is 2.57 bits per heavy atom. The van der Waals surface area contributed by atoms with Crippen LogP contribution in [0.15, 0.2) is 49.3 Å². The quantitative estimate of drug-likeness (QED) is 0.631. The third-order valence-electron chi connectivity index (χ3n) is 4.99. The van der Waals surface area contributed by atoms with Crippen molar-refractivity contribution in [3.63, 3.8) is 0 Å². The van der Waals surface area contributed by atoms with Crippen LogP contribution in [-0.2, 0) is 4.79 Å². The molecular formula is C21H18ClF2N5O. The van der Waals surface area contributed by atoms with Gasteiger partial charge in [-0.1, -0.05) is 18.2 Å². The number of hydrogen-bond acceptors (Lipinski definition) is 5. The Morgan fingerprint density at radius 1 is 1.10 bits per heavy atom. The van der Waals surface area contributed by atoms with E-state index in [4.69, 9.17) is 11.6 Å². The monoisotopic (exact) mass is 429 g/mol. The first-order chi connectivity index (χ1) is 14.5. The molecule has 4 rings (SSSR count).